The Hall–Kier alpha value is -0.910. The molecule has 0 radical (unpaired) electrons. The molecule has 0 fully saturated rings. The van der Waals surface area contributed by atoms with Gasteiger partial charge < -0.3 is 4.48 Å². The molecule has 0 amide bonds. The van der Waals surface area contributed by atoms with Crippen molar-refractivity contribution in [3.63, 3.8) is 0 Å². The lowest BCUT2D eigenvalue weighted by atomic mass is 10.0. The van der Waals surface area contributed by atoms with Crippen LogP contribution >= 0.6 is 0 Å². The summed E-state index contributed by atoms with van der Waals surface area (Å²) in [5, 5.41) is 0. The van der Waals surface area contributed by atoms with Crippen LogP contribution in [0.1, 0.15) is 180 Å². The molecule has 0 atom stereocenters. The van der Waals surface area contributed by atoms with E-state index >= 15 is 0 Å². The molecule has 0 aliphatic heterocycles. The Labute approximate surface area is 262 Å². The fourth-order valence-corrected chi connectivity index (χ4v) is 6.95. The second-order valence-corrected chi connectivity index (χ2v) is 14.6. The van der Waals surface area contributed by atoms with Gasteiger partial charge in [-0.25, -0.2) is 0 Å². The van der Waals surface area contributed by atoms with Gasteiger partial charge in [0.05, 0.1) is 24.5 Å². The Kier molecular flexibility index (Phi) is 23.7. The van der Waals surface area contributed by atoms with Gasteiger partial charge in [-0.2, -0.15) is 8.42 Å². The molecule has 1 N–H and O–H groups in total. The lowest BCUT2D eigenvalue weighted by molar-refractivity contribution is -0.941. The van der Waals surface area contributed by atoms with Crippen LogP contribution in [0.4, 0.5) is 0 Å². The molecule has 42 heavy (non-hydrogen) atoms. The van der Waals surface area contributed by atoms with Crippen molar-refractivity contribution in [3.05, 3.63) is 29.8 Å². The Morgan fingerprint density at radius 3 is 1.05 bits per heavy atom. The fraction of sp³-hybridized carbons (Fsp3) is 0.838. The summed E-state index contributed by atoms with van der Waals surface area (Å²) in [5.74, 6) is 0. The first kappa shape index (κ1) is 39.1. The minimum Gasteiger partial charge on any atom is -0.320 e. The van der Waals surface area contributed by atoms with Crippen LogP contribution in [-0.4, -0.2) is 37.1 Å². The maximum Gasteiger partial charge on any atom is 0.294 e. The molecule has 0 aliphatic carbocycles. The Balaban J connectivity index is 2.85. The van der Waals surface area contributed by atoms with Gasteiger partial charge in [-0.15, -0.1) is 0 Å². The summed E-state index contributed by atoms with van der Waals surface area (Å²) in [7, 11) is -4.16. The molecule has 4 nitrogen and oxygen atoms in total. The van der Waals surface area contributed by atoms with Crippen molar-refractivity contribution in [1.82, 2.24) is 0 Å². The van der Waals surface area contributed by atoms with Crippen LogP contribution in [0, 0.1) is 0 Å². The Bertz CT molecular complexity index is 787. The highest BCUT2D eigenvalue weighted by atomic mass is 32.2. The second-order valence-electron chi connectivity index (χ2n) is 13.2. The number of rotatable bonds is 30. The van der Waals surface area contributed by atoms with E-state index in [1.54, 1.807) is 12.1 Å². The van der Waals surface area contributed by atoms with Gasteiger partial charge in [-0.3, -0.25) is 4.55 Å². The molecule has 1 aromatic rings. The summed E-state index contributed by atoms with van der Waals surface area (Å²) in [5.41, 5.74) is 1.20. The molecule has 0 spiro atoms. The molecule has 0 saturated carbocycles. The van der Waals surface area contributed by atoms with E-state index in [1.807, 2.05) is 12.1 Å². The molecule has 5 heteroatoms. The lowest BCUT2D eigenvalue weighted by Gasteiger charge is -2.39. The first-order valence-corrected chi connectivity index (χ1v) is 19.7. The molecule has 0 heterocycles. The third kappa shape index (κ3) is 20.1. The van der Waals surface area contributed by atoms with Crippen LogP contribution in [0.3, 0.4) is 0 Å². The first-order valence-electron chi connectivity index (χ1n) is 18.3. The zero-order valence-corrected chi connectivity index (χ0v) is 29.0. The van der Waals surface area contributed by atoms with Crippen LogP contribution < -0.4 is 0 Å². The number of hydrogen-bond donors (Lipinski definition) is 1. The van der Waals surface area contributed by atoms with E-state index in [1.165, 1.54) is 179 Å². The third-order valence-corrected chi connectivity index (χ3v) is 10.1. The average molecular weight is 609 g/mol. The second kappa shape index (κ2) is 25.4. The summed E-state index contributed by atoms with van der Waals surface area (Å²) in [6.45, 7) is 11.5. The van der Waals surface area contributed by atoms with Crippen LogP contribution in [0.15, 0.2) is 29.2 Å². The zero-order chi connectivity index (χ0) is 30.8. The van der Waals surface area contributed by atoms with Gasteiger partial charge in [-0.05, 0) is 50.7 Å². The summed E-state index contributed by atoms with van der Waals surface area (Å²) in [4.78, 5) is -0.00132. The van der Waals surface area contributed by atoms with E-state index < -0.39 is 10.1 Å². The highest BCUT2D eigenvalue weighted by molar-refractivity contribution is 7.85. The van der Waals surface area contributed by atoms with Gasteiger partial charge in [0.15, 0.2) is 0 Å². The number of hydrogen-bond acceptors (Lipinski definition) is 2. The molecule has 246 valence electrons. The van der Waals surface area contributed by atoms with Crippen LogP contribution in [-0.2, 0) is 16.7 Å². The van der Waals surface area contributed by atoms with E-state index in [9.17, 15) is 13.0 Å². The largest absolute Gasteiger partial charge is 0.320 e. The Morgan fingerprint density at radius 2 is 0.762 bits per heavy atom. The van der Waals surface area contributed by atoms with Crippen molar-refractivity contribution in [2.24, 2.45) is 0 Å². The number of unbranched alkanes of at least 4 members (excludes halogenated alkanes) is 21. The van der Waals surface area contributed by atoms with Crippen molar-refractivity contribution in [2.45, 2.75) is 186 Å². The van der Waals surface area contributed by atoms with Gasteiger partial charge in [0.1, 0.15) is 6.54 Å². The van der Waals surface area contributed by atoms with E-state index in [2.05, 4.69) is 20.8 Å². The molecule has 0 aliphatic rings. The molecule has 0 bridgehead atoms. The minimum atomic E-state index is -4.16. The van der Waals surface area contributed by atoms with Crippen LogP contribution in [0.5, 0.6) is 0 Å². The normalized spacial score (nSPS) is 12.3. The van der Waals surface area contributed by atoms with Crippen molar-refractivity contribution < 1.29 is 17.5 Å². The summed E-state index contributed by atoms with van der Waals surface area (Å²) in [6.07, 6.45) is 32.3. The highest BCUT2D eigenvalue weighted by Crippen LogP contribution is 2.23. The van der Waals surface area contributed by atoms with E-state index in [0.717, 1.165) is 11.0 Å². The number of benzene rings is 1. The third-order valence-electron chi connectivity index (χ3n) is 9.20. The van der Waals surface area contributed by atoms with Gasteiger partial charge in [0.2, 0.25) is 0 Å². The smallest absolute Gasteiger partial charge is 0.294 e. The molecular weight excluding hydrogens is 538 g/mol. The summed E-state index contributed by atoms with van der Waals surface area (Å²) < 4.78 is 33.9. The average Bonchev–Trinajstić information content (AvgIpc) is 2.97. The van der Waals surface area contributed by atoms with Crippen molar-refractivity contribution in [2.75, 3.05) is 19.6 Å². The summed E-state index contributed by atoms with van der Waals surface area (Å²) >= 11 is 0. The minimum absolute atomic E-state index is 0.00132. The predicted octanol–water partition coefficient (Wildman–Crippen LogP) is 11.7. The molecular formula is C37H70NO3S+. The van der Waals surface area contributed by atoms with E-state index in [-0.39, 0.29) is 4.90 Å². The SMILES string of the molecule is CCCCCCCCCC[N+](CCCCCCCCCC)(CCCCCCCCCC)Cc1ccc(S(=O)(=O)O)cc1. The number of quaternary nitrogens is 1. The van der Waals surface area contributed by atoms with E-state index in [4.69, 9.17) is 0 Å². The van der Waals surface area contributed by atoms with Gasteiger partial charge in [0, 0.05) is 5.56 Å². The van der Waals surface area contributed by atoms with Crippen molar-refractivity contribution >= 4 is 10.1 Å². The Morgan fingerprint density at radius 1 is 0.476 bits per heavy atom. The van der Waals surface area contributed by atoms with Gasteiger partial charge in [-0.1, -0.05) is 148 Å². The van der Waals surface area contributed by atoms with Crippen molar-refractivity contribution in [1.29, 1.82) is 0 Å². The highest BCUT2D eigenvalue weighted by Gasteiger charge is 2.27. The van der Waals surface area contributed by atoms with Gasteiger partial charge >= 0.3 is 0 Å². The molecule has 0 saturated heterocycles. The maximum atomic E-state index is 11.6. The van der Waals surface area contributed by atoms with Crippen molar-refractivity contribution in [3.8, 4) is 0 Å². The first-order chi connectivity index (χ1) is 20.4. The number of nitrogens with zero attached hydrogens (tertiary/aromatic N) is 1. The topological polar surface area (TPSA) is 54.4 Å². The summed E-state index contributed by atoms with van der Waals surface area (Å²) in [6, 6.07) is 7.04. The standard InChI is InChI=1S/C37H69NO3S/c1-4-7-10-13-16-19-22-25-32-38(33-26-23-20-17-14-11-8-5-2,34-27-24-21-18-15-12-9-6-3)35-36-28-30-37(31-29-36)42(39,40)41/h28-31H,4-27,32-35H2,1-3H3/p+1. The van der Waals surface area contributed by atoms with Crippen LogP contribution in [0.25, 0.3) is 0 Å². The monoisotopic (exact) mass is 609 g/mol. The molecule has 0 unspecified atom stereocenters. The fourth-order valence-electron chi connectivity index (χ4n) is 6.47. The molecule has 0 aromatic heterocycles. The van der Waals surface area contributed by atoms with E-state index in [0.29, 0.717) is 0 Å². The lowest BCUT2D eigenvalue weighted by Crippen LogP contribution is -2.49. The molecule has 1 rings (SSSR count). The van der Waals surface area contributed by atoms with Gasteiger partial charge in [0.25, 0.3) is 10.1 Å². The maximum absolute atomic E-state index is 11.6. The zero-order valence-electron chi connectivity index (χ0n) is 28.2. The quantitative estimate of drug-likeness (QED) is 0.0537. The molecule has 1 aromatic carbocycles. The van der Waals surface area contributed by atoms with Crippen LogP contribution in [0.2, 0.25) is 0 Å². The predicted molar refractivity (Wildman–Crippen MR) is 183 cm³/mol.